The molecular weight excluding hydrogens is 234 g/mol. The van der Waals surface area contributed by atoms with Crippen molar-refractivity contribution in [2.45, 2.75) is 6.10 Å². The maximum absolute atomic E-state index is 12.1. The first-order chi connectivity index (χ1) is 8.66. The number of rotatable bonds is 3. The molecule has 0 radical (unpaired) electrons. The number of phenolic OH excluding ortho intramolecular Hbond substituents is 1. The Morgan fingerprint density at radius 1 is 1.50 bits per heavy atom. The molecule has 5 nitrogen and oxygen atoms in total. The summed E-state index contributed by atoms with van der Waals surface area (Å²) in [5, 5.41) is 9.35. The second kappa shape index (κ2) is 5.84. The quantitative estimate of drug-likeness (QED) is 0.866. The van der Waals surface area contributed by atoms with Crippen LogP contribution in [0.3, 0.4) is 0 Å². The molecule has 1 aliphatic rings. The lowest BCUT2D eigenvalue weighted by Crippen LogP contribution is -2.40. The Bertz CT molecular complexity index is 415. The molecule has 0 saturated carbocycles. The summed E-state index contributed by atoms with van der Waals surface area (Å²) in [5.74, 6) is -0.0495. The van der Waals surface area contributed by atoms with E-state index in [1.807, 2.05) is 0 Å². The molecule has 0 aromatic heterocycles. The highest BCUT2D eigenvalue weighted by atomic mass is 16.6. The van der Waals surface area contributed by atoms with Gasteiger partial charge in [-0.15, -0.1) is 0 Å². The lowest BCUT2D eigenvalue weighted by Gasteiger charge is -2.27. The van der Waals surface area contributed by atoms with Gasteiger partial charge < -0.3 is 19.5 Å². The smallest absolute Gasteiger partial charge is 0.253 e. The molecule has 2 rings (SSSR count). The van der Waals surface area contributed by atoms with Gasteiger partial charge in [-0.05, 0) is 18.2 Å². The van der Waals surface area contributed by atoms with Crippen LogP contribution in [-0.2, 0) is 9.47 Å². The molecule has 0 spiro atoms. The lowest BCUT2D eigenvalue weighted by molar-refractivity contribution is -0.0933. The van der Waals surface area contributed by atoms with E-state index in [1.165, 1.54) is 12.1 Å². The number of carbonyl (C=O) groups excluding carboxylic acids is 1. The van der Waals surface area contributed by atoms with Gasteiger partial charge in [-0.1, -0.05) is 6.07 Å². The van der Waals surface area contributed by atoms with Gasteiger partial charge in [-0.25, -0.2) is 0 Å². The number of carbonyl (C=O) groups is 1. The van der Waals surface area contributed by atoms with Crippen molar-refractivity contribution in [1.29, 1.82) is 0 Å². The molecule has 5 heteroatoms. The van der Waals surface area contributed by atoms with E-state index in [9.17, 15) is 9.90 Å². The molecule has 18 heavy (non-hydrogen) atoms. The predicted molar refractivity (Wildman–Crippen MR) is 65.6 cm³/mol. The van der Waals surface area contributed by atoms with Crippen molar-refractivity contribution >= 4 is 5.91 Å². The zero-order valence-corrected chi connectivity index (χ0v) is 10.3. The van der Waals surface area contributed by atoms with Gasteiger partial charge in [-0.3, -0.25) is 4.79 Å². The van der Waals surface area contributed by atoms with E-state index >= 15 is 0 Å². The fourth-order valence-corrected chi connectivity index (χ4v) is 1.89. The third kappa shape index (κ3) is 3.21. The highest BCUT2D eigenvalue weighted by Gasteiger charge is 2.20. The fourth-order valence-electron chi connectivity index (χ4n) is 1.89. The summed E-state index contributed by atoms with van der Waals surface area (Å²) in [6.45, 7) is 2.17. The average molecular weight is 251 g/mol. The number of phenols is 1. The minimum absolute atomic E-state index is 0.0787. The summed E-state index contributed by atoms with van der Waals surface area (Å²) in [7, 11) is 1.71. The van der Waals surface area contributed by atoms with Crippen LogP contribution in [0.1, 0.15) is 10.4 Å². The zero-order chi connectivity index (χ0) is 13.0. The number of nitrogens with zero attached hydrogens (tertiary/aromatic N) is 1. The molecule has 1 aliphatic heterocycles. The highest BCUT2D eigenvalue weighted by molar-refractivity contribution is 5.94. The second-order valence-electron chi connectivity index (χ2n) is 4.30. The fraction of sp³-hybridized carbons (Fsp3) is 0.462. The standard InChI is InChI=1S/C13H17NO4/c1-14(8-12-9-17-5-6-18-12)13(16)10-3-2-4-11(15)7-10/h2-4,7,12,15H,5-6,8-9H2,1H3/t12-/m1/s1. The maximum atomic E-state index is 12.1. The molecule has 0 bridgehead atoms. The molecule has 1 amide bonds. The average Bonchev–Trinajstić information content (AvgIpc) is 2.39. The van der Waals surface area contributed by atoms with Crippen LogP contribution in [0.15, 0.2) is 24.3 Å². The van der Waals surface area contributed by atoms with Gasteiger partial charge in [0.05, 0.1) is 25.9 Å². The van der Waals surface area contributed by atoms with Gasteiger partial charge in [0.15, 0.2) is 0 Å². The molecule has 0 aliphatic carbocycles. The SMILES string of the molecule is CN(C[C@@H]1COCCO1)C(=O)c1cccc(O)c1. The molecule has 1 aromatic carbocycles. The van der Waals surface area contributed by atoms with E-state index in [0.717, 1.165) is 0 Å². The largest absolute Gasteiger partial charge is 0.508 e. The first kappa shape index (κ1) is 12.9. The van der Waals surface area contributed by atoms with Crippen LogP contribution in [-0.4, -0.2) is 55.4 Å². The Balaban J connectivity index is 1.95. The third-order valence-electron chi connectivity index (χ3n) is 2.80. The van der Waals surface area contributed by atoms with E-state index in [0.29, 0.717) is 31.9 Å². The Morgan fingerprint density at radius 2 is 2.33 bits per heavy atom. The first-order valence-electron chi connectivity index (χ1n) is 5.90. The second-order valence-corrected chi connectivity index (χ2v) is 4.30. The summed E-state index contributed by atoms with van der Waals surface area (Å²) < 4.78 is 10.8. The van der Waals surface area contributed by atoms with Gasteiger partial charge in [0.1, 0.15) is 5.75 Å². The first-order valence-corrected chi connectivity index (χ1v) is 5.90. The van der Waals surface area contributed by atoms with Crippen LogP contribution >= 0.6 is 0 Å². The molecule has 1 aromatic rings. The van der Waals surface area contributed by atoms with Crippen molar-refractivity contribution in [2.24, 2.45) is 0 Å². The van der Waals surface area contributed by atoms with Gasteiger partial charge >= 0.3 is 0 Å². The predicted octanol–water partition coefficient (Wildman–Crippen LogP) is 0.880. The van der Waals surface area contributed by atoms with E-state index in [4.69, 9.17) is 9.47 Å². The van der Waals surface area contributed by atoms with Crippen molar-refractivity contribution in [3.63, 3.8) is 0 Å². The molecule has 1 saturated heterocycles. The summed E-state index contributed by atoms with van der Waals surface area (Å²) in [4.78, 5) is 13.7. The number of benzene rings is 1. The van der Waals surface area contributed by atoms with Crippen LogP contribution in [0.4, 0.5) is 0 Å². The normalized spacial score (nSPS) is 19.5. The lowest BCUT2D eigenvalue weighted by atomic mass is 10.2. The minimum atomic E-state index is -0.139. The van der Waals surface area contributed by atoms with E-state index in [1.54, 1.807) is 24.1 Å². The number of ether oxygens (including phenoxy) is 2. The Kier molecular flexibility index (Phi) is 4.17. The molecule has 1 fully saturated rings. The summed E-state index contributed by atoms with van der Waals surface area (Å²) in [6.07, 6.45) is -0.0787. The topological polar surface area (TPSA) is 59.0 Å². The highest BCUT2D eigenvalue weighted by Crippen LogP contribution is 2.13. The number of hydrogen-bond donors (Lipinski definition) is 1. The van der Waals surface area contributed by atoms with Crippen LogP contribution < -0.4 is 0 Å². The van der Waals surface area contributed by atoms with Crippen LogP contribution in [0, 0.1) is 0 Å². The molecule has 1 N–H and O–H groups in total. The van der Waals surface area contributed by atoms with Crippen molar-refractivity contribution in [3.05, 3.63) is 29.8 Å². The van der Waals surface area contributed by atoms with Crippen molar-refractivity contribution in [3.8, 4) is 5.75 Å². The van der Waals surface area contributed by atoms with Gasteiger partial charge in [0.25, 0.3) is 5.91 Å². The van der Waals surface area contributed by atoms with Crippen molar-refractivity contribution in [2.75, 3.05) is 33.4 Å². The summed E-state index contributed by atoms with van der Waals surface area (Å²) in [5.41, 5.74) is 0.467. The molecule has 0 unspecified atom stereocenters. The summed E-state index contributed by atoms with van der Waals surface area (Å²) in [6, 6.07) is 6.32. The van der Waals surface area contributed by atoms with Gasteiger partial charge in [0, 0.05) is 19.2 Å². The van der Waals surface area contributed by atoms with Crippen LogP contribution in [0.25, 0.3) is 0 Å². The molecule has 1 atom stereocenters. The molecule has 1 heterocycles. The summed E-state index contributed by atoms with van der Waals surface area (Å²) >= 11 is 0. The van der Waals surface area contributed by atoms with E-state index in [2.05, 4.69) is 0 Å². The van der Waals surface area contributed by atoms with Crippen molar-refractivity contribution in [1.82, 2.24) is 4.90 Å². The van der Waals surface area contributed by atoms with Crippen molar-refractivity contribution < 1.29 is 19.4 Å². The van der Waals surface area contributed by atoms with E-state index < -0.39 is 0 Å². The Hall–Kier alpha value is -1.59. The zero-order valence-electron chi connectivity index (χ0n) is 10.3. The monoisotopic (exact) mass is 251 g/mol. The number of aromatic hydroxyl groups is 1. The third-order valence-corrected chi connectivity index (χ3v) is 2.80. The van der Waals surface area contributed by atoms with E-state index in [-0.39, 0.29) is 17.8 Å². The van der Waals surface area contributed by atoms with Gasteiger partial charge in [0.2, 0.25) is 0 Å². The van der Waals surface area contributed by atoms with Crippen LogP contribution in [0.2, 0.25) is 0 Å². The maximum Gasteiger partial charge on any atom is 0.253 e. The number of amides is 1. The Morgan fingerprint density at radius 3 is 3.00 bits per heavy atom. The molecular formula is C13H17NO4. The number of hydrogen-bond acceptors (Lipinski definition) is 4. The number of likely N-dealkylation sites (N-methyl/N-ethyl adjacent to an activating group) is 1. The van der Waals surface area contributed by atoms with Gasteiger partial charge in [-0.2, -0.15) is 0 Å². The minimum Gasteiger partial charge on any atom is -0.508 e. The van der Waals surface area contributed by atoms with Crippen LogP contribution in [0.5, 0.6) is 5.75 Å². The Labute approximate surface area is 106 Å². The molecule has 98 valence electrons.